The largest absolute Gasteiger partial charge is 0.309 e. The van der Waals surface area contributed by atoms with Crippen molar-refractivity contribution >= 4 is 0 Å². The van der Waals surface area contributed by atoms with Crippen LogP contribution in [0.15, 0.2) is 0 Å². The van der Waals surface area contributed by atoms with E-state index < -0.39 is 5.92 Å². The third-order valence-electron chi connectivity index (χ3n) is 2.62. The SMILES string of the molecule is CCC(F)(F)CN1CCNC(C)(C)C1. The Balaban J connectivity index is 2.46. The summed E-state index contributed by atoms with van der Waals surface area (Å²) in [6.45, 7) is 7.74. The Kier molecular flexibility index (Phi) is 3.48. The fourth-order valence-electron chi connectivity index (χ4n) is 1.82. The van der Waals surface area contributed by atoms with Crippen LogP contribution in [0.1, 0.15) is 27.2 Å². The molecule has 1 heterocycles. The monoisotopic (exact) mass is 206 g/mol. The fourth-order valence-corrected chi connectivity index (χ4v) is 1.82. The van der Waals surface area contributed by atoms with Crippen molar-refractivity contribution in [2.24, 2.45) is 0 Å². The second kappa shape index (κ2) is 4.11. The van der Waals surface area contributed by atoms with Crippen molar-refractivity contribution in [2.75, 3.05) is 26.2 Å². The van der Waals surface area contributed by atoms with Gasteiger partial charge in [-0.2, -0.15) is 0 Å². The number of piperazine rings is 1. The van der Waals surface area contributed by atoms with Crippen LogP contribution in [-0.4, -0.2) is 42.5 Å². The van der Waals surface area contributed by atoms with Crippen LogP contribution in [0.2, 0.25) is 0 Å². The standard InChI is InChI=1S/C10H20F2N2/c1-4-10(11,12)8-14-6-5-13-9(2,3)7-14/h13H,4-8H2,1-3H3. The summed E-state index contributed by atoms with van der Waals surface area (Å²) in [5.74, 6) is -2.53. The van der Waals surface area contributed by atoms with Crippen molar-refractivity contribution < 1.29 is 8.78 Å². The molecule has 0 aliphatic carbocycles. The lowest BCUT2D eigenvalue weighted by molar-refractivity contribution is -0.0444. The van der Waals surface area contributed by atoms with E-state index in [9.17, 15) is 8.78 Å². The molecule has 0 aromatic heterocycles. The highest BCUT2D eigenvalue weighted by Gasteiger charge is 2.33. The van der Waals surface area contributed by atoms with Gasteiger partial charge >= 0.3 is 0 Å². The highest BCUT2D eigenvalue weighted by atomic mass is 19.3. The topological polar surface area (TPSA) is 15.3 Å². The highest BCUT2D eigenvalue weighted by molar-refractivity contribution is 4.88. The van der Waals surface area contributed by atoms with E-state index in [0.29, 0.717) is 6.54 Å². The Labute approximate surface area is 84.7 Å². The Hall–Kier alpha value is -0.220. The van der Waals surface area contributed by atoms with Gasteiger partial charge in [-0.3, -0.25) is 4.90 Å². The lowest BCUT2D eigenvalue weighted by Crippen LogP contribution is -2.58. The van der Waals surface area contributed by atoms with Crippen molar-refractivity contribution in [3.63, 3.8) is 0 Å². The Bertz CT molecular complexity index is 193. The minimum Gasteiger partial charge on any atom is -0.309 e. The zero-order valence-corrected chi connectivity index (χ0v) is 9.24. The maximum absolute atomic E-state index is 13.1. The maximum Gasteiger partial charge on any atom is 0.260 e. The molecule has 0 aromatic carbocycles. The van der Waals surface area contributed by atoms with E-state index in [4.69, 9.17) is 0 Å². The maximum atomic E-state index is 13.1. The molecule has 4 heteroatoms. The predicted molar refractivity (Wildman–Crippen MR) is 53.8 cm³/mol. The molecule has 0 spiro atoms. The number of nitrogens with zero attached hydrogens (tertiary/aromatic N) is 1. The second-order valence-corrected chi connectivity index (χ2v) is 4.73. The van der Waals surface area contributed by atoms with E-state index in [-0.39, 0.29) is 18.5 Å². The first-order valence-electron chi connectivity index (χ1n) is 5.20. The summed E-state index contributed by atoms with van der Waals surface area (Å²) in [5, 5.41) is 3.31. The third kappa shape index (κ3) is 3.50. The molecular weight excluding hydrogens is 186 g/mol. The molecule has 1 rings (SSSR count). The molecule has 1 aliphatic heterocycles. The van der Waals surface area contributed by atoms with Crippen molar-refractivity contribution in [1.29, 1.82) is 0 Å². The van der Waals surface area contributed by atoms with Crippen LogP contribution in [0.5, 0.6) is 0 Å². The molecule has 0 aromatic rings. The molecular formula is C10H20F2N2. The molecule has 1 aliphatic rings. The van der Waals surface area contributed by atoms with Gasteiger partial charge in [0.2, 0.25) is 0 Å². The summed E-state index contributed by atoms with van der Waals surface area (Å²) in [6, 6.07) is 0. The number of alkyl halides is 2. The van der Waals surface area contributed by atoms with Gasteiger partial charge < -0.3 is 5.32 Å². The van der Waals surface area contributed by atoms with E-state index in [2.05, 4.69) is 5.32 Å². The predicted octanol–water partition coefficient (Wildman–Crippen LogP) is 1.72. The van der Waals surface area contributed by atoms with E-state index in [1.54, 1.807) is 0 Å². The molecule has 1 N–H and O–H groups in total. The van der Waals surface area contributed by atoms with Gasteiger partial charge in [0.15, 0.2) is 0 Å². The molecule has 0 bridgehead atoms. The van der Waals surface area contributed by atoms with Gasteiger partial charge in [-0.25, -0.2) is 8.78 Å². The molecule has 14 heavy (non-hydrogen) atoms. The first-order chi connectivity index (χ1) is 6.35. The first-order valence-corrected chi connectivity index (χ1v) is 5.20. The number of halogens is 2. The summed E-state index contributed by atoms with van der Waals surface area (Å²) in [7, 11) is 0. The van der Waals surface area contributed by atoms with Gasteiger partial charge in [-0.05, 0) is 13.8 Å². The molecule has 1 saturated heterocycles. The minimum absolute atomic E-state index is 0.0396. The third-order valence-corrected chi connectivity index (χ3v) is 2.62. The molecule has 1 fully saturated rings. The van der Waals surface area contributed by atoms with E-state index in [1.807, 2.05) is 18.7 Å². The van der Waals surface area contributed by atoms with Gasteiger partial charge in [-0.15, -0.1) is 0 Å². The van der Waals surface area contributed by atoms with Gasteiger partial charge in [0, 0.05) is 31.6 Å². The van der Waals surface area contributed by atoms with Crippen LogP contribution >= 0.6 is 0 Å². The lowest BCUT2D eigenvalue weighted by Gasteiger charge is -2.40. The zero-order valence-electron chi connectivity index (χ0n) is 9.24. The van der Waals surface area contributed by atoms with Crippen LogP contribution < -0.4 is 5.32 Å². The van der Waals surface area contributed by atoms with Crippen molar-refractivity contribution in [1.82, 2.24) is 10.2 Å². The average molecular weight is 206 g/mol. The molecule has 0 unspecified atom stereocenters. The molecule has 84 valence electrons. The van der Waals surface area contributed by atoms with E-state index in [0.717, 1.165) is 13.1 Å². The average Bonchev–Trinajstić information content (AvgIpc) is 2.01. The summed E-state index contributed by atoms with van der Waals surface area (Å²) >= 11 is 0. The molecule has 0 atom stereocenters. The van der Waals surface area contributed by atoms with Crippen LogP contribution in [0.3, 0.4) is 0 Å². The van der Waals surface area contributed by atoms with Crippen molar-refractivity contribution in [3.8, 4) is 0 Å². The number of hydrogen-bond acceptors (Lipinski definition) is 2. The first kappa shape index (κ1) is 11.9. The van der Waals surface area contributed by atoms with Gasteiger partial charge in [0.25, 0.3) is 5.92 Å². The Morgan fingerprint density at radius 1 is 1.43 bits per heavy atom. The normalized spacial score (nSPS) is 23.8. The summed E-state index contributed by atoms with van der Waals surface area (Å²) < 4.78 is 26.3. The number of rotatable bonds is 3. The molecule has 0 radical (unpaired) electrons. The van der Waals surface area contributed by atoms with Gasteiger partial charge in [-0.1, -0.05) is 6.92 Å². The summed E-state index contributed by atoms with van der Waals surface area (Å²) in [4.78, 5) is 1.85. The quantitative estimate of drug-likeness (QED) is 0.756. The van der Waals surface area contributed by atoms with Crippen LogP contribution in [0, 0.1) is 0 Å². The number of nitrogens with one attached hydrogen (secondary N) is 1. The molecule has 2 nitrogen and oxygen atoms in total. The highest BCUT2D eigenvalue weighted by Crippen LogP contribution is 2.21. The van der Waals surface area contributed by atoms with E-state index in [1.165, 1.54) is 6.92 Å². The second-order valence-electron chi connectivity index (χ2n) is 4.73. The molecule has 0 amide bonds. The zero-order chi connectivity index (χ0) is 10.8. The smallest absolute Gasteiger partial charge is 0.260 e. The summed E-state index contributed by atoms with van der Waals surface area (Å²) in [6.07, 6.45) is -0.0721. The van der Waals surface area contributed by atoms with Crippen LogP contribution in [-0.2, 0) is 0 Å². The van der Waals surface area contributed by atoms with Crippen LogP contribution in [0.25, 0.3) is 0 Å². The van der Waals surface area contributed by atoms with E-state index >= 15 is 0 Å². The van der Waals surface area contributed by atoms with Gasteiger partial charge in [0.1, 0.15) is 0 Å². The summed E-state index contributed by atoms with van der Waals surface area (Å²) in [5.41, 5.74) is -0.0396. The number of hydrogen-bond donors (Lipinski definition) is 1. The van der Waals surface area contributed by atoms with Crippen molar-refractivity contribution in [2.45, 2.75) is 38.7 Å². The fraction of sp³-hybridized carbons (Fsp3) is 1.00. The lowest BCUT2D eigenvalue weighted by atomic mass is 10.0. The Morgan fingerprint density at radius 2 is 2.07 bits per heavy atom. The Morgan fingerprint density at radius 3 is 2.57 bits per heavy atom. The minimum atomic E-state index is -2.53. The van der Waals surface area contributed by atoms with Gasteiger partial charge in [0.05, 0.1) is 6.54 Å². The van der Waals surface area contributed by atoms with Crippen molar-refractivity contribution in [3.05, 3.63) is 0 Å². The van der Waals surface area contributed by atoms with Crippen LogP contribution in [0.4, 0.5) is 8.78 Å². The molecule has 0 saturated carbocycles.